The average Bonchev–Trinajstić information content (AvgIpc) is 2.50. The monoisotopic (exact) mass is 288 g/mol. The molecule has 1 aromatic carbocycles. The molecule has 0 amide bonds. The van der Waals surface area contributed by atoms with Crippen molar-refractivity contribution in [3.8, 4) is 0 Å². The molecule has 0 radical (unpaired) electrons. The molecule has 0 saturated carbocycles. The van der Waals surface area contributed by atoms with Crippen molar-refractivity contribution in [2.24, 2.45) is 17.8 Å². The zero-order valence-electron chi connectivity index (χ0n) is 14.3. The van der Waals surface area contributed by atoms with Gasteiger partial charge in [0.2, 0.25) is 0 Å². The lowest BCUT2D eigenvalue weighted by Gasteiger charge is -2.29. The van der Waals surface area contributed by atoms with Gasteiger partial charge in [-0.3, -0.25) is 4.79 Å². The highest BCUT2D eigenvalue weighted by Gasteiger charge is 2.30. The van der Waals surface area contributed by atoms with Gasteiger partial charge in [0.05, 0.1) is 0 Å². The number of hydrogen-bond donors (Lipinski definition) is 0. The number of benzene rings is 1. The third-order valence-corrected chi connectivity index (χ3v) is 4.44. The molecule has 0 bridgehead atoms. The molecule has 0 fully saturated rings. The van der Waals surface area contributed by atoms with E-state index in [9.17, 15) is 4.79 Å². The second kappa shape index (κ2) is 9.76. The van der Waals surface area contributed by atoms with E-state index in [-0.39, 0.29) is 5.92 Å². The van der Waals surface area contributed by atoms with Crippen LogP contribution < -0.4 is 0 Å². The molecule has 0 spiro atoms. The Morgan fingerprint density at radius 1 is 0.952 bits per heavy atom. The van der Waals surface area contributed by atoms with Crippen molar-refractivity contribution in [2.75, 3.05) is 0 Å². The Labute approximate surface area is 131 Å². The summed E-state index contributed by atoms with van der Waals surface area (Å²) in [5.41, 5.74) is 0.884. The fourth-order valence-corrected chi connectivity index (χ4v) is 3.29. The molecule has 0 saturated heterocycles. The van der Waals surface area contributed by atoms with Crippen molar-refractivity contribution in [3.63, 3.8) is 0 Å². The molecule has 0 aromatic heterocycles. The minimum atomic E-state index is 0.172. The van der Waals surface area contributed by atoms with Crippen LogP contribution in [0.3, 0.4) is 0 Å². The van der Waals surface area contributed by atoms with Crippen LogP contribution in [0.2, 0.25) is 0 Å². The van der Waals surface area contributed by atoms with Crippen molar-refractivity contribution in [1.82, 2.24) is 0 Å². The standard InChI is InChI=1S/C20H32O/c1-5-7-12-17(13-8-6-2)19(16(3)4)20(21)18-14-10-9-11-15-18/h9-11,14-17,19H,5-8,12-13H2,1-4H3. The maximum atomic E-state index is 13.0. The topological polar surface area (TPSA) is 17.1 Å². The highest BCUT2D eigenvalue weighted by atomic mass is 16.1. The van der Waals surface area contributed by atoms with Crippen LogP contribution in [-0.4, -0.2) is 5.78 Å². The average molecular weight is 288 g/mol. The molecule has 1 atom stereocenters. The van der Waals surface area contributed by atoms with Crippen molar-refractivity contribution in [2.45, 2.75) is 66.2 Å². The highest BCUT2D eigenvalue weighted by Crippen LogP contribution is 2.32. The lowest BCUT2D eigenvalue weighted by atomic mass is 9.74. The Hall–Kier alpha value is -1.11. The van der Waals surface area contributed by atoms with E-state index in [0.717, 1.165) is 5.56 Å². The summed E-state index contributed by atoms with van der Waals surface area (Å²) < 4.78 is 0. The molecule has 1 rings (SSSR count). The maximum absolute atomic E-state index is 13.0. The summed E-state index contributed by atoms with van der Waals surface area (Å²) in [5, 5.41) is 0. The van der Waals surface area contributed by atoms with Gasteiger partial charge in [-0.15, -0.1) is 0 Å². The molecule has 0 aliphatic carbocycles. The normalized spacial score (nSPS) is 12.9. The lowest BCUT2D eigenvalue weighted by molar-refractivity contribution is 0.0799. The van der Waals surface area contributed by atoms with Crippen molar-refractivity contribution < 1.29 is 4.79 Å². The molecule has 21 heavy (non-hydrogen) atoms. The summed E-state index contributed by atoms with van der Waals surface area (Å²) in [6, 6.07) is 9.85. The zero-order chi connectivity index (χ0) is 15.7. The molecule has 1 nitrogen and oxygen atoms in total. The van der Waals surface area contributed by atoms with Crippen molar-refractivity contribution >= 4 is 5.78 Å². The Balaban J connectivity index is 2.91. The van der Waals surface area contributed by atoms with Crippen LogP contribution in [0.5, 0.6) is 0 Å². The van der Waals surface area contributed by atoms with Crippen LogP contribution in [0.15, 0.2) is 30.3 Å². The second-order valence-electron chi connectivity index (χ2n) is 6.54. The van der Waals surface area contributed by atoms with Gasteiger partial charge in [0.15, 0.2) is 5.78 Å². The van der Waals surface area contributed by atoms with Gasteiger partial charge in [-0.05, 0) is 24.7 Å². The number of ketones is 1. The summed E-state index contributed by atoms with van der Waals surface area (Å²) in [6.07, 6.45) is 7.29. The Kier molecular flexibility index (Phi) is 8.34. The smallest absolute Gasteiger partial charge is 0.166 e. The molecule has 1 heteroatoms. The first-order valence-electron chi connectivity index (χ1n) is 8.71. The van der Waals surface area contributed by atoms with E-state index in [4.69, 9.17) is 0 Å². The lowest BCUT2D eigenvalue weighted by Crippen LogP contribution is -2.29. The zero-order valence-corrected chi connectivity index (χ0v) is 14.3. The number of carbonyl (C=O) groups is 1. The van der Waals surface area contributed by atoms with Crippen molar-refractivity contribution in [1.29, 1.82) is 0 Å². The predicted octanol–water partition coefficient (Wildman–Crippen LogP) is 6.14. The van der Waals surface area contributed by atoms with E-state index in [1.54, 1.807) is 0 Å². The van der Waals surface area contributed by atoms with Crippen LogP contribution in [-0.2, 0) is 0 Å². The number of rotatable bonds is 10. The van der Waals surface area contributed by atoms with Crippen LogP contribution >= 0.6 is 0 Å². The van der Waals surface area contributed by atoms with Gasteiger partial charge in [-0.25, -0.2) is 0 Å². The Morgan fingerprint density at radius 2 is 1.48 bits per heavy atom. The van der Waals surface area contributed by atoms with E-state index < -0.39 is 0 Å². The van der Waals surface area contributed by atoms with Crippen LogP contribution in [0.25, 0.3) is 0 Å². The minimum absolute atomic E-state index is 0.172. The van der Waals surface area contributed by atoms with E-state index in [0.29, 0.717) is 17.6 Å². The van der Waals surface area contributed by atoms with Gasteiger partial charge in [-0.2, -0.15) is 0 Å². The number of carbonyl (C=O) groups excluding carboxylic acids is 1. The first kappa shape index (κ1) is 17.9. The molecular weight excluding hydrogens is 256 g/mol. The predicted molar refractivity (Wildman–Crippen MR) is 91.6 cm³/mol. The summed E-state index contributed by atoms with van der Waals surface area (Å²) in [5.74, 6) is 1.47. The van der Waals surface area contributed by atoms with Crippen molar-refractivity contribution in [3.05, 3.63) is 35.9 Å². The van der Waals surface area contributed by atoms with E-state index in [2.05, 4.69) is 27.7 Å². The third kappa shape index (κ3) is 5.65. The van der Waals surface area contributed by atoms with Crippen LogP contribution in [0.1, 0.15) is 76.6 Å². The molecule has 0 aliphatic heterocycles. The number of hydrogen-bond acceptors (Lipinski definition) is 1. The molecule has 1 unspecified atom stereocenters. The van der Waals surface area contributed by atoms with Gasteiger partial charge >= 0.3 is 0 Å². The maximum Gasteiger partial charge on any atom is 0.166 e. The second-order valence-corrected chi connectivity index (χ2v) is 6.54. The van der Waals surface area contributed by atoms with Gasteiger partial charge in [0.25, 0.3) is 0 Å². The summed E-state index contributed by atoms with van der Waals surface area (Å²) in [4.78, 5) is 13.0. The minimum Gasteiger partial charge on any atom is -0.294 e. The summed E-state index contributed by atoms with van der Waals surface area (Å²) >= 11 is 0. The highest BCUT2D eigenvalue weighted by molar-refractivity contribution is 5.98. The van der Waals surface area contributed by atoms with E-state index in [1.165, 1.54) is 38.5 Å². The van der Waals surface area contributed by atoms with E-state index in [1.807, 2.05) is 30.3 Å². The quantitative estimate of drug-likeness (QED) is 0.473. The number of unbranched alkanes of at least 4 members (excludes halogenated alkanes) is 2. The first-order chi connectivity index (χ1) is 10.1. The van der Waals surface area contributed by atoms with Crippen LogP contribution in [0.4, 0.5) is 0 Å². The largest absolute Gasteiger partial charge is 0.294 e. The fourth-order valence-electron chi connectivity index (χ4n) is 3.29. The first-order valence-corrected chi connectivity index (χ1v) is 8.71. The van der Waals surface area contributed by atoms with Gasteiger partial charge in [0.1, 0.15) is 0 Å². The van der Waals surface area contributed by atoms with E-state index >= 15 is 0 Å². The molecular formula is C20H32O. The molecule has 0 heterocycles. The van der Waals surface area contributed by atoms with Gasteiger partial charge in [0, 0.05) is 11.5 Å². The SMILES string of the molecule is CCCCC(CCCC)C(C(=O)c1ccccc1)C(C)C. The summed E-state index contributed by atoms with van der Waals surface area (Å²) in [7, 11) is 0. The molecule has 118 valence electrons. The summed E-state index contributed by atoms with van der Waals surface area (Å²) in [6.45, 7) is 8.88. The van der Waals surface area contributed by atoms with Gasteiger partial charge < -0.3 is 0 Å². The molecule has 1 aromatic rings. The Morgan fingerprint density at radius 3 is 1.90 bits per heavy atom. The molecule has 0 N–H and O–H groups in total. The Bertz CT molecular complexity index is 386. The van der Waals surface area contributed by atoms with Gasteiger partial charge in [-0.1, -0.05) is 83.7 Å². The molecule has 0 aliphatic rings. The third-order valence-electron chi connectivity index (χ3n) is 4.44. The van der Waals surface area contributed by atoms with Crippen LogP contribution in [0, 0.1) is 17.8 Å². The fraction of sp³-hybridized carbons (Fsp3) is 0.650. The number of Topliss-reactive ketones (excluding diaryl/α,β-unsaturated/α-hetero) is 1.